The van der Waals surface area contributed by atoms with Crippen molar-refractivity contribution in [2.24, 2.45) is 11.5 Å². The van der Waals surface area contributed by atoms with Crippen LogP contribution < -0.4 is 11.5 Å². The molecule has 6 N–H and O–H groups in total. The first-order valence-corrected chi connectivity index (χ1v) is 5.23. The fourth-order valence-corrected chi connectivity index (χ4v) is 1.80. The lowest BCUT2D eigenvalue weighted by Gasteiger charge is -1.87. The van der Waals surface area contributed by atoms with E-state index < -0.39 is 0 Å². The smallest absolute Gasteiger partial charge is 0.183 e. The second-order valence-electron chi connectivity index (χ2n) is 3.67. The summed E-state index contributed by atoms with van der Waals surface area (Å²) in [6.07, 6.45) is 0. The molecule has 3 rings (SSSR count). The minimum atomic E-state index is -0.333. The molecule has 0 aliphatic rings. The van der Waals surface area contributed by atoms with Gasteiger partial charge < -0.3 is 16.5 Å². The maximum Gasteiger partial charge on any atom is 0.183 e. The first kappa shape index (κ1) is 11.0. The van der Waals surface area contributed by atoms with Crippen LogP contribution in [0.2, 0.25) is 0 Å². The topological polar surface area (TPSA) is 91.7 Å². The SMILES string of the molecule is N=C(N)N.c1ccc2c(c1)[nH]c1ccccc12. The van der Waals surface area contributed by atoms with Crippen LogP contribution in [0.4, 0.5) is 0 Å². The molecule has 0 aliphatic carbocycles. The van der Waals surface area contributed by atoms with E-state index in [0.29, 0.717) is 0 Å². The van der Waals surface area contributed by atoms with Gasteiger partial charge in [-0.2, -0.15) is 0 Å². The zero-order valence-corrected chi connectivity index (χ0v) is 9.27. The molecule has 0 saturated carbocycles. The van der Waals surface area contributed by atoms with Gasteiger partial charge in [0.2, 0.25) is 0 Å². The van der Waals surface area contributed by atoms with Crippen molar-refractivity contribution in [1.82, 2.24) is 4.98 Å². The van der Waals surface area contributed by atoms with E-state index in [9.17, 15) is 0 Å². The van der Waals surface area contributed by atoms with Gasteiger partial charge in [-0.15, -0.1) is 0 Å². The minimum absolute atomic E-state index is 0.333. The van der Waals surface area contributed by atoms with E-state index in [-0.39, 0.29) is 5.96 Å². The van der Waals surface area contributed by atoms with Crippen LogP contribution in [0.1, 0.15) is 0 Å². The number of fused-ring (bicyclic) bond motifs is 3. The Morgan fingerprint density at radius 3 is 1.59 bits per heavy atom. The van der Waals surface area contributed by atoms with Crippen molar-refractivity contribution in [1.29, 1.82) is 5.41 Å². The van der Waals surface area contributed by atoms with Crippen molar-refractivity contribution in [3.05, 3.63) is 48.5 Å². The van der Waals surface area contributed by atoms with E-state index in [0.717, 1.165) is 0 Å². The number of nitrogens with two attached hydrogens (primary N) is 2. The highest BCUT2D eigenvalue weighted by Gasteiger charge is 2.00. The number of hydrogen-bond acceptors (Lipinski definition) is 1. The summed E-state index contributed by atoms with van der Waals surface area (Å²) in [7, 11) is 0. The molecule has 0 unspecified atom stereocenters. The Morgan fingerprint density at radius 1 is 0.824 bits per heavy atom. The average Bonchev–Trinajstić information content (AvgIpc) is 2.66. The third kappa shape index (κ3) is 2.36. The second-order valence-corrected chi connectivity index (χ2v) is 3.67. The van der Waals surface area contributed by atoms with Crippen LogP contribution in [0.25, 0.3) is 21.8 Å². The molecule has 1 aromatic heterocycles. The lowest BCUT2D eigenvalue weighted by atomic mass is 10.2. The van der Waals surface area contributed by atoms with E-state index in [4.69, 9.17) is 5.41 Å². The fourth-order valence-electron chi connectivity index (χ4n) is 1.80. The number of hydrogen-bond donors (Lipinski definition) is 4. The summed E-state index contributed by atoms with van der Waals surface area (Å²) in [6.45, 7) is 0. The highest BCUT2D eigenvalue weighted by molar-refractivity contribution is 6.06. The monoisotopic (exact) mass is 226 g/mol. The molecular formula is C13H14N4. The molecule has 1 heterocycles. The molecule has 86 valence electrons. The molecular weight excluding hydrogens is 212 g/mol. The molecule has 2 aromatic carbocycles. The number of nitrogens with one attached hydrogen (secondary N) is 2. The maximum absolute atomic E-state index is 6.06. The molecule has 0 spiro atoms. The Morgan fingerprint density at radius 2 is 1.18 bits per heavy atom. The van der Waals surface area contributed by atoms with E-state index in [2.05, 4.69) is 65.0 Å². The van der Waals surface area contributed by atoms with Crippen molar-refractivity contribution in [3.63, 3.8) is 0 Å². The molecule has 4 nitrogen and oxygen atoms in total. The third-order valence-electron chi connectivity index (χ3n) is 2.41. The zero-order valence-electron chi connectivity index (χ0n) is 9.27. The highest BCUT2D eigenvalue weighted by atomic mass is 14.9. The lowest BCUT2D eigenvalue weighted by molar-refractivity contribution is 1.39. The zero-order chi connectivity index (χ0) is 12.3. The minimum Gasteiger partial charge on any atom is -0.370 e. The van der Waals surface area contributed by atoms with Crippen LogP contribution in [0.3, 0.4) is 0 Å². The molecule has 0 amide bonds. The molecule has 0 bridgehead atoms. The Kier molecular flexibility index (Phi) is 2.96. The van der Waals surface area contributed by atoms with Gasteiger partial charge in [-0.1, -0.05) is 36.4 Å². The van der Waals surface area contributed by atoms with E-state index in [1.54, 1.807) is 0 Å². The van der Waals surface area contributed by atoms with Gasteiger partial charge in [0.05, 0.1) is 0 Å². The summed E-state index contributed by atoms with van der Waals surface area (Å²) in [5, 5.41) is 8.66. The van der Waals surface area contributed by atoms with Crippen molar-refractivity contribution < 1.29 is 0 Å². The summed E-state index contributed by atoms with van der Waals surface area (Å²) in [4.78, 5) is 3.38. The molecule has 0 saturated heterocycles. The normalized spacial score (nSPS) is 9.88. The molecule has 0 fully saturated rings. The number of guanidine groups is 1. The van der Waals surface area contributed by atoms with Gasteiger partial charge in [0.25, 0.3) is 0 Å². The Bertz CT molecular complexity index is 600. The average molecular weight is 226 g/mol. The number of H-pyrrole nitrogens is 1. The third-order valence-corrected chi connectivity index (χ3v) is 2.41. The van der Waals surface area contributed by atoms with Crippen LogP contribution in [0, 0.1) is 5.41 Å². The van der Waals surface area contributed by atoms with Gasteiger partial charge in [0.15, 0.2) is 5.96 Å². The Labute approximate surface area is 98.7 Å². The number of para-hydroxylation sites is 2. The number of aromatic nitrogens is 1. The molecule has 4 heteroatoms. The van der Waals surface area contributed by atoms with Crippen LogP contribution in [0.15, 0.2) is 48.5 Å². The highest BCUT2D eigenvalue weighted by Crippen LogP contribution is 2.24. The first-order valence-electron chi connectivity index (χ1n) is 5.23. The second kappa shape index (κ2) is 4.57. The van der Waals surface area contributed by atoms with Crippen molar-refractivity contribution in [2.45, 2.75) is 0 Å². The molecule has 0 radical (unpaired) electrons. The van der Waals surface area contributed by atoms with Gasteiger partial charge in [-0.05, 0) is 12.1 Å². The van der Waals surface area contributed by atoms with E-state index in [1.165, 1.54) is 21.8 Å². The predicted molar refractivity (Wildman–Crippen MR) is 71.9 cm³/mol. The number of benzene rings is 2. The van der Waals surface area contributed by atoms with Crippen LogP contribution in [0.5, 0.6) is 0 Å². The Hall–Kier alpha value is -2.49. The van der Waals surface area contributed by atoms with Crippen LogP contribution in [-0.2, 0) is 0 Å². The van der Waals surface area contributed by atoms with Gasteiger partial charge >= 0.3 is 0 Å². The first-order chi connectivity index (χ1) is 8.18. The van der Waals surface area contributed by atoms with Crippen molar-refractivity contribution in [2.75, 3.05) is 0 Å². The summed E-state index contributed by atoms with van der Waals surface area (Å²) >= 11 is 0. The van der Waals surface area contributed by atoms with Crippen LogP contribution in [-0.4, -0.2) is 10.9 Å². The number of rotatable bonds is 0. The Balaban J connectivity index is 0.000000239. The quantitative estimate of drug-likeness (QED) is 0.349. The fraction of sp³-hybridized carbons (Fsp3) is 0. The summed E-state index contributed by atoms with van der Waals surface area (Å²) in [5.41, 5.74) is 11.4. The van der Waals surface area contributed by atoms with Crippen LogP contribution >= 0.6 is 0 Å². The largest absolute Gasteiger partial charge is 0.370 e. The predicted octanol–water partition coefficient (Wildman–Crippen LogP) is 2.16. The van der Waals surface area contributed by atoms with Crippen molar-refractivity contribution >= 4 is 27.8 Å². The number of aromatic amines is 1. The van der Waals surface area contributed by atoms with Crippen molar-refractivity contribution in [3.8, 4) is 0 Å². The maximum atomic E-state index is 6.06. The van der Waals surface area contributed by atoms with Gasteiger partial charge in [0, 0.05) is 21.8 Å². The summed E-state index contributed by atoms with van der Waals surface area (Å²) < 4.78 is 0. The van der Waals surface area contributed by atoms with Gasteiger partial charge in [-0.25, -0.2) is 0 Å². The standard InChI is InChI=1S/C12H9N.CH5N3/c1-3-7-11-9(5-1)10-6-2-4-8-12(10)13-11;2-1(3)4/h1-8,13H;(H5,2,3,4). The molecule has 17 heavy (non-hydrogen) atoms. The molecule has 0 aliphatic heterocycles. The molecule has 3 aromatic rings. The van der Waals surface area contributed by atoms with E-state index in [1.807, 2.05) is 0 Å². The van der Waals surface area contributed by atoms with E-state index >= 15 is 0 Å². The molecule has 0 atom stereocenters. The summed E-state index contributed by atoms with van der Waals surface area (Å²) in [6, 6.07) is 16.8. The van der Waals surface area contributed by atoms with Gasteiger partial charge in [0.1, 0.15) is 0 Å². The summed E-state index contributed by atoms with van der Waals surface area (Å²) in [5.74, 6) is -0.333. The van der Waals surface area contributed by atoms with Gasteiger partial charge in [-0.3, -0.25) is 5.41 Å². The lowest BCUT2D eigenvalue weighted by Crippen LogP contribution is -2.20.